The number of hydrogen-bond donors (Lipinski definition) is 1. The minimum Gasteiger partial charge on any atom is -0.465 e. The fourth-order valence-corrected chi connectivity index (χ4v) is 1.87. The van der Waals surface area contributed by atoms with E-state index in [2.05, 4.69) is 11.9 Å². The Morgan fingerprint density at radius 1 is 1.24 bits per heavy atom. The molecule has 7 heteroatoms. The number of carbonyl (C=O) groups is 3. The van der Waals surface area contributed by atoms with Gasteiger partial charge in [0.05, 0.1) is 6.61 Å². The van der Waals surface area contributed by atoms with E-state index in [1.165, 1.54) is 11.0 Å². The van der Waals surface area contributed by atoms with E-state index in [1.54, 1.807) is 40.7 Å². The van der Waals surface area contributed by atoms with Crippen LogP contribution in [0.5, 0.6) is 0 Å². The first-order chi connectivity index (χ1) is 11.6. The van der Waals surface area contributed by atoms with E-state index in [9.17, 15) is 14.4 Å². The number of esters is 1. The molecule has 0 aliphatic rings. The molecule has 0 spiro atoms. The molecule has 0 aromatic carbocycles. The molecule has 0 radical (unpaired) electrons. The van der Waals surface area contributed by atoms with Gasteiger partial charge in [-0.3, -0.25) is 14.9 Å². The third-order valence-corrected chi connectivity index (χ3v) is 2.90. The van der Waals surface area contributed by atoms with Crippen LogP contribution in [0.25, 0.3) is 0 Å². The van der Waals surface area contributed by atoms with E-state index in [0.717, 1.165) is 0 Å². The summed E-state index contributed by atoms with van der Waals surface area (Å²) in [6.07, 6.45) is 3.84. The van der Waals surface area contributed by atoms with Crippen LogP contribution in [0.3, 0.4) is 0 Å². The molecular formula is C18H30N2O5. The number of hydrogen-bond acceptors (Lipinski definition) is 5. The van der Waals surface area contributed by atoms with Gasteiger partial charge >= 0.3 is 12.1 Å². The second kappa shape index (κ2) is 11.3. The van der Waals surface area contributed by atoms with E-state index in [4.69, 9.17) is 9.47 Å². The van der Waals surface area contributed by atoms with Crippen molar-refractivity contribution in [2.45, 2.75) is 53.1 Å². The lowest BCUT2D eigenvalue weighted by Crippen LogP contribution is -2.43. The van der Waals surface area contributed by atoms with E-state index < -0.39 is 23.6 Å². The Balaban J connectivity index is 5.04. The second-order valence-corrected chi connectivity index (χ2v) is 6.29. The highest BCUT2D eigenvalue weighted by Gasteiger charge is 2.24. The Labute approximate surface area is 150 Å². The number of alkyl carbamates (subject to hydrolysis) is 1. The second-order valence-electron chi connectivity index (χ2n) is 6.29. The van der Waals surface area contributed by atoms with Crippen molar-refractivity contribution in [3.05, 3.63) is 24.4 Å². The maximum atomic E-state index is 12.7. The number of amides is 2. The molecule has 0 rings (SSSR count). The molecule has 1 N–H and O–H groups in total. The van der Waals surface area contributed by atoms with Gasteiger partial charge in [-0.1, -0.05) is 12.2 Å². The van der Waals surface area contributed by atoms with Gasteiger partial charge in [-0.05, 0) is 47.5 Å². The van der Waals surface area contributed by atoms with Crippen LogP contribution in [0, 0.1) is 0 Å². The molecule has 0 aromatic heterocycles. The zero-order valence-corrected chi connectivity index (χ0v) is 15.9. The molecule has 2 amide bonds. The topological polar surface area (TPSA) is 84.9 Å². The van der Waals surface area contributed by atoms with Gasteiger partial charge < -0.3 is 14.4 Å². The number of carbonyl (C=O) groups excluding carboxylic acids is 3. The summed E-state index contributed by atoms with van der Waals surface area (Å²) in [6.45, 7) is 12.5. The Kier molecular flexibility index (Phi) is 10.2. The van der Waals surface area contributed by atoms with Gasteiger partial charge in [-0.25, -0.2) is 4.79 Å². The summed E-state index contributed by atoms with van der Waals surface area (Å²) in [5.41, 5.74) is -0.627. The quantitative estimate of drug-likeness (QED) is 0.298. The summed E-state index contributed by atoms with van der Waals surface area (Å²) in [6, 6.07) is 0. The summed E-state index contributed by atoms with van der Waals surface area (Å²) in [5.74, 6) is -0.965. The van der Waals surface area contributed by atoms with Crippen LogP contribution in [-0.2, 0) is 19.1 Å². The molecule has 0 atom stereocenters. The number of ether oxygens (including phenoxy) is 2. The van der Waals surface area contributed by atoms with Crippen molar-refractivity contribution in [2.75, 3.05) is 19.7 Å². The number of rotatable bonds is 9. The Morgan fingerprint density at radius 2 is 1.88 bits per heavy atom. The van der Waals surface area contributed by atoms with Crippen molar-refractivity contribution < 1.29 is 23.9 Å². The van der Waals surface area contributed by atoms with Crippen LogP contribution < -0.4 is 5.32 Å². The van der Waals surface area contributed by atoms with Crippen molar-refractivity contribution in [3.8, 4) is 0 Å². The third kappa shape index (κ3) is 10.2. The maximum Gasteiger partial charge on any atom is 0.412 e. The average molecular weight is 354 g/mol. The molecule has 0 saturated carbocycles. The molecule has 0 aromatic rings. The fourth-order valence-electron chi connectivity index (χ4n) is 1.87. The molecule has 7 nitrogen and oxygen atoms in total. The van der Waals surface area contributed by atoms with Crippen LogP contribution in [0.4, 0.5) is 4.79 Å². The number of nitrogens with zero attached hydrogens (tertiary/aromatic N) is 1. The molecule has 0 aliphatic carbocycles. The molecule has 0 saturated heterocycles. The van der Waals surface area contributed by atoms with Crippen molar-refractivity contribution >= 4 is 18.0 Å². The van der Waals surface area contributed by atoms with Gasteiger partial charge in [0.25, 0.3) is 5.91 Å². The number of allylic oxidation sites excluding steroid dienone is 2. The molecule has 142 valence electrons. The van der Waals surface area contributed by atoms with Crippen LogP contribution >= 0.6 is 0 Å². The Bertz CT molecular complexity index is 506. The lowest BCUT2D eigenvalue weighted by molar-refractivity contribution is -0.148. The van der Waals surface area contributed by atoms with E-state index in [0.29, 0.717) is 19.4 Å². The first kappa shape index (κ1) is 22.7. The van der Waals surface area contributed by atoms with Gasteiger partial charge in [-0.2, -0.15) is 0 Å². The van der Waals surface area contributed by atoms with Crippen LogP contribution in [0.15, 0.2) is 24.4 Å². The molecule has 25 heavy (non-hydrogen) atoms. The fraction of sp³-hybridized carbons (Fsp3) is 0.611. The third-order valence-electron chi connectivity index (χ3n) is 2.90. The molecule has 0 fully saturated rings. The standard InChI is InChI=1S/C18H30N2O5/c1-7-10-11-12-20(13-15(21)24-9-3)16(22)14(8-2)19-17(23)25-18(4,5)6/h7-8H,1,9-13H2,2-6H3,(H,19,23)/b14-8-. The Morgan fingerprint density at radius 3 is 2.36 bits per heavy atom. The first-order valence-corrected chi connectivity index (χ1v) is 8.36. The average Bonchev–Trinajstić information content (AvgIpc) is 2.49. The molecule has 0 bridgehead atoms. The first-order valence-electron chi connectivity index (χ1n) is 8.36. The predicted octanol–water partition coefficient (Wildman–Crippen LogP) is 2.77. The molecule has 0 unspecified atom stereocenters. The highest BCUT2D eigenvalue weighted by Crippen LogP contribution is 2.09. The maximum absolute atomic E-state index is 12.7. The van der Waals surface area contributed by atoms with Gasteiger partial charge in [0.2, 0.25) is 0 Å². The van der Waals surface area contributed by atoms with Crippen molar-refractivity contribution in [2.24, 2.45) is 0 Å². The van der Waals surface area contributed by atoms with Crippen molar-refractivity contribution in [3.63, 3.8) is 0 Å². The molecule has 0 heterocycles. The minimum absolute atomic E-state index is 0.0529. The van der Waals surface area contributed by atoms with Gasteiger partial charge in [0, 0.05) is 6.54 Å². The van der Waals surface area contributed by atoms with Crippen LogP contribution in [-0.4, -0.2) is 48.2 Å². The highest BCUT2D eigenvalue weighted by molar-refractivity contribution is 5.97. The predicted molar refractivity (Wildman–Crippen MR) is 95.8 cm³/mol. The summed E-state index contributed by atoms with van der Waals surface area (Å²) in [5, 5.41) is 2.44. The number of nitrogens with one attached hydrogen (secondary N) is 1. The summed E-state index contributed by atoms with van der Waals surface area (Å²) in [7, 11) is 0. The smallest absolute Gasteiger partial charge is 0.412 e. The zero-order valence-electron chi connectivity index (χ0n) is 15.9. The SMILES string of the molecule is C=CCCCN(CC(=O)OCC)C(=O)/C(=C/C)NC(=O)OC(C)(C)C. The van der Waals surface area contributed by atoms with Crippen molar-refractivity contribution in [1.82, 2.24) is 10.2 Å². The van der Waals surface area contributed by atoms with Crippen LogP contribution in [0.1, 0.15) is 47.5 Å². The normalized spacial score (nSPS) is 11.5. The largest absolute Gasteiger partial charge is 0.465 e. The summed E-state index contributed by atoms with van der Waals surface area (Å²) in [4.78, 5) is 37.6. The van der Waals surface area contributed by atoms with Gasteiger partial charge in [-0.15, -0.1) is 6.58 Å². The lowest BCUT2D eigenvalue weighted by Gasteiger charge is -2.24. The lowest BCUT2D eigenvalue weighted by atomic mass is 10.2. The van der Waals surface area contributed by atoms with Gasteiger partial charge in [0.1, 0.15) is 17.8 Å². The molecule has 0 aliphatic heterocycles. The minimum atomic E-state index is -0.726. The number of unbranched alkanes of at least 4 members (excludes halogenated alkanes) is 1. The van der Waals surface area contributed by atoms with E-state index in [-0.39, 0.29) is 18.8 Å². The van der Waals surface area contributed by atoms with Gasteiger partial charge in [0.15, 0.2) is 0 Å². The summed E-state index contributed by atoms with van der Waals surface area (Å²) >= 11 is 0. The highest BCUT2D eigenvalue weighted by atomic mass is 16.6. The van der Waals surface area contributed by atoms with Crippen molar-refractivity contribution in [1.29, 1.82) is 0 Å². The summed E-state index contributed by atoms with van der Waals surface area (Å²) < 4.78 is 10.1. The monoisotopic (exact) mass is 354 g/mol. The zero-order chi connectivity index (χ0) is 19.5. The van der Waals surface area contributed by atoms with E-state index in [1.807, 2.05) is 0 Å². The molecular weight excluding hydrogens is 324 g/mol. The van der Waals surface area contributed by atoms with Crippen LogP contribution in [0.2, 0.25) is 0 Å². The van der Waals surface area contributed by atoms with E-state index >= 15 is 0 Å². The Hall–Kier alpha value is -2.31.